The van der Waals surface area contributed by atoms with E-state index in [1.165, 1.54) is 30.6 Å². The second-order valence-electron chi connectivity index (χ2n) is 9.40. The summed E-state index contributed by atoms with van der Waals surface area (Å²) in [7, 11) is -3.92. The second-order valence-corrected chi connectivity index (χ2v) is 11.8. The van der Waals surface area contributed by atoms with Gasteiger partial charge in [-0.15, -0.1) is 0 Å². The highest BCUT2D eigenvalue weighted by Crippen LogP contribution is 2.55. The molecule has 1 aromatic carbocycles. The van der Waals surface area contributed by atoms with Crippen LogP contribution >= 0.6 is 11.6 Å². The number of hydrogen-bond donors (Lipinski definition) is 0. The van der Waals surface area contributed by atoms with Gasteiger partial charge in [0.1, 0.15) is 15.6 Å². The molecule has 38 heavy (non-hydrogen) atoms. The lowest BCUT2D eigenvalue weighted by Gasteiger charge is -2.18. The minimum atomic E-state index is -3.92. The van der Waals surface area contributed by atoms with E-state index in [4.69, 9.17) is 11.6 Å². The number of aryl methyl sites for hydroxylation is 2. The monoisotopic (exact) mass is 559 g/mol. The highest BCUT2D eigenvalue weighted by atomic mass is 35.5. The molecule has 4 aromatic rings. The SMILES string of the molecule is Cc1cnc(-c2cccc(S(C)(=O)=O)c2F)c(F)c1-n1c(C)cc([C@@H]2CC2c2ccc(F)nc2)c(Cl)c1=O. The van der Waals surface area contributed by atoms with E-state index in [-0.39, 0.29) is 28.1 Å². The van der Waals surface area contributed by atoms with Crippen molar-refractivity contribution in [1.82, 2.24) is 14.5 Å². The second kappa shape index (κ2) is 9.36. The summed E-state index contributed by atoms with van der Waals surface area (Å²) in [5, 5.41) is -0.0828. The molecule has 6 nitrogen and oxygen atoms in total. The average molecular weight is 560 g/mol. The van der Waals surface area contributed by atoms with Gasteiger partial charge in [-0.05, 0) is 73.1 Å². The summed E-state index contributed by atoms with van der Waals surface area (Å²) in [5.74, 6) is -2.78. The first-order valence-electron chi connectivity index (χ1n) is 11.6. The zero-order valence-electron chi connectivity index (χ0n) is 20.5. The van der Waals surface area contributed by atoms with Crippen molar-refractivity contribution in [3.05, 3.63) is 104 Å². The van der Waals surface area contributed by atoms with E-state index in [2.05, 4.69) is 9.97 Å². The Hall–Kier alpha value is -3.50. The Kier molecular flexibility index (Phi) is 6.43. The van der Waals surface area contributed by atoms with Gasteiger partial charge in [0.2, 0.25) is 5.95 Å². The Morgan fingerprint density at radius 2 is 1.74 bits per heavy atom. The van der Waals surface area contributed by atoms with Gasteiger partial charge >= 0.3 is 0 Å². The molecule has 1 aliphatic rings. The summed E-state index contributed by atoms with van der Waals surface area (Å²) in [5.41, 5.74) is 0.495. The van der Waals surface area contributed by atoms with Gasteiger partial charge in [-0.2, -0.15) is 4.39 Å². The fraction of sp³-hybridized carbons (Fsp3) is 0.222. The summed E-state index contributed by atoms with van der Waals surface area (Å²) in [6, 6.07) is 8.22. The summed E-state index contributed by atoms with van der Waals surface area (Å²) in [4.78, 5) is 20.6. The van der Waals surface area contributed by atoms with Crippen molar-refractivity contribution in [1.29, 1.82) is 0 Å². The van der Waals surface area contributed by atoms with Crippen molar-refractivity contribution < 1.29 is 21.6 Å². The fourth-order valence-electron chi connectivity index (χ4n) is 4.80. The molecule has 0 bridgehead atoms. The van der Waals surface area contributed by atoms with Gasteiger partial charge in [0.25, 0.3) is 5.56 Å². The van der Waals surface area contributed by atoms with Crippen LogP contribution in [0.4, 0.5) is 13.2 Å². The molecule has 11 heteroatoms. The lowest BCUT2D eigenvalue weighted by molar-refractivity contribution is 0.568. The van der Waals surface area contributed by atoms with Crippen LogP contribution in [0.25, 0.3) is 16.9 Å². The van der Waals surface area contributed by atoms with E-state index in [1.807, 2.05) is 0 Å². The molecular formula is C27H21ClF3N3O3S. The highest BCUT2D eigenvalue weighted by molar-refractivity contribution is 7.90. The minimum absolute atomic E-state index is 0.0198. The van der Waals surface area contributed by atoms with Crippen LogP contribution in [-0.4, -0.2) is 29.2 Å². The first-order valence-corrected chi connectivity index (χ1v) is 13.8. The number of nitrogens with zero attached hydrogens (tertiary/aromatic N) is 3. The third-order valence-electron chi connectivity index (χ3n) is 6.75. The number of hydrogen-bond acceptors (Lipinski definition) is 5. The Balaban J connectivity index is 1.61. The normalized spacial score (nSPS) is 17.0. The van der Waals surface area contributed by atoms with Crippen LogP contribution in [0.5, 0.6) is 0 Å². The van der Waals surface area contributed by atoms with E-state index >= 15 is 8.78 Å². The molecule has 0 aliphatic heterocycles. The molecule has 0 amide bonds. The number of rotatable bonds is 5. The fourth-order valence-corrected chi connectivity index (χ4v) is 5.84. The van der Waals surface area contributed by atoms with Crippen LogP contribution in [-0.2, 0) is 9.84 Å². The molecule has 0 radical (unpaired) electrons. The van der Waals surface area contributed by atoms with E-state index in [0.29, 0.717) is 23.2 Å². The first-order chi connectivity index (χ1) is 17.9. The van der Waals surface area contributed by atoms with Crippen LogP contribution in [0.2, 0.25) is 5.02 Å². The van der Waals surface area contributed by atoms with E-state index in [0.717, 1.165) is 22.5 Å². The van der Waals surface area contributed by atoms with Crippen LogP contribution in [0.1, 0.15) is 40.6 Å². The smallest absolute Gasteiger partial charge is 0.274 e. The quantitative estimate of drug-likeness (QED) is 0.295. The van der Waals surface area contributed by atoms with Crippen LogP contribution in [0, 0.1) is 31.4 Å². The molecule has 3 heterocycles. The number of halogens is 4. The van der Waals surface area contributed by atoms with Gasteiger partial charge < -0.3 is 0 Å². The van der Waals surface area contributed by atoms with Crippen molar-refractivity contribution in [2.24, 2.45) is 0 Å². The van der Waals surface area contributed by atoms with Crippen molar-refractivity contribution in [2.45, 2.75) is 37.0 Å². The molecule has 5 rings (SSSR count). The van der Waals surface area contributed by atoms with Crippen molar-refractivity contribution in [3.63, 3.8) is 0 Å². The molecule has 196 valence electrons. The van der Waals surface area contributed by atoms with E-state index in [9.17, 15) is 17.6 Å². The lowest BCUT2D eigenvalue weighted by Crippen LogP contribution is -2.24. The lowest BCUT2D eigenvalue weighted by atomic mass is 10.0. The molecule has 0 N–H and O–H groups in total. The van der Waals surface area contributed by atoms with Gasteiger partial charge in [-0.1, -0.05) is 23.7 Å². The molecule has 1 saturated carbocycles. The summed E-state index contributed by atoms with van der Waals surface area (Å²) in [6.45, 7) is 3.17. The maximum absolute atomic E-state index is 16.0. The Bertz CT molecular complexity index is 1770. The average Bonchev–Trinajstić information content (AvgIpc) is 3.64. The third kappa shape index (κ3) is 4.41. The molecule has 0 saturated heterocycles. The number of aromatic nitrogens is 3. The van der Waals surface area contributed by atoms with Gasteiger partial charge in [0.05, 0.1) is 5.69 Å². The molecule has 1 aliphatic carbocycles. The summed E-state index contributed by atoms with van der Waals surface area (Å²) < 4.78 is 69.4. The topological polar surface area (TPSA) is 81.9 Å². The van der Waals surface area contributed by atoms with Gasteiger partial charge in [0, 0.05) is 29.9 Å². The Morgan fingerprint density at radius 1 is 1.00 bits per heavy atom. The number of benzene rings is 1. The van der Waals surface area contributed by atoms with Crippen LogP contribution < -0.4 is 5.56 Å². The Labute approximate surface area is 221 Å². The van der Waals surface area contributed by atoms with Crippen LogP contribution in [0.15, 0.2) is 58.5 Å². The highest BCUT2D eigenvalue weighted by Gasteiger charge is 2.42. The molecule has 1 fully saturated rings. The maximum Gasteiger partial charge on any atom is 0.274 e. The molecule has 3 aromatic heterocycles. The van der Waals surface area contributed by atoms with Gasteiger partial charge in [0.15, 0.2) is 21.5 Å². The molecular weight excluding hydrogens is 539 g/mol. The predicted octanol–water partition coefficient (Wildman–Crippen LogP) is 5.66. The first kappa shape index (κ1) is 26.1. The summed E-state index contributed by atoms with van der Waals surface area (Å²) in [6.07, 6.45) is 4.28. The summed E-state index contributed by atoms with van der Waals surface area (Å²) >= 11 is 6.52. The Morgan fingerprint density at radius 3 is 2.39 bits per heavy atom. The maximum atomic E-state index is 16.0. The van der Waals surface area contributed by atoms with Crippen molar-refractivity contribution >= 4 is 21.4 Å². The third-order valence-corrected chi connectivity index (χ3v) is 8.24. The van der Waals surface area contributed by atoms with Crippen LogP contribution in [0.3, 0.4) is 0 Å². The minimum Gasteiger partial charge on any atom is -0.277 e. The molecule has 2 atom stereocenters. The van der Waals surface area contributed by atoms with Gasteiger partial charge in [-0.3, -0.25) is 14.3 Å². The standard InChI is InChI=1S/C27H21ClF3N3O3S/c1-13-11-33-25(16-5-4-6-20(23(16)30)38(3,36)37)24(31)26(13)34-14(2)9-19(22(28)27(34)35)18-10-17(18)15-7-8-21(29)32-12-15/h4-9,11-12,17-18H,10H2,1-3H3/t17?,18-/m1/s1. The van der Waals surface area contributed by atoms with E-state index in [1.54, 1.807) is 26.0 Å². The largest absolute Gasteiger partial charge is 0.277 e. The van der Waals surface area contributed by atoms with E-state index < -0.39 is 43.6 Å². The van der Waals surface area contributed by atoms with Crippen molar-refractivity contribution in [3.8, 4) is 16.9 Å². The zero-order valence-corrected chi connectivity index (χ0v) is 22.0. The van der Waals surface area contributed by atoms with Crippen molar-refractivity contribution in [2.75, 3.05) is 6.26 Å². The number of sulfone groups is 1. The van der Waals surface area contributed by atoms with Gasteiger partial charge in [-0.25, -0.2) is 22.2 Å². The predicted molar refractivity (Wildman–Crippen MR) is 137 cm³/mol. The number of pyridine rings is 3. The molecule has 1 unspecified atom stereocenters. The zero-order chi connectivity index (χ0) is 27.5. The molecule has 0 spiro atoms.